The van der Waals surface area contributed by atoms with Gasteiger partial charge >= 0.3 is 6.36 Å². The Labute approximate surface area is 224 Å². The van der Waals surface area contributed by atoms with Crippen molar-refractivity contribution >= 4 is 17.5 Å². The Hall–Kier alpha value is -4.42. The van der Waals surface area contributed by atoms with Crippen LogP contribution >= 0.6 is 0 Å². The summed E-state index contributed by atoms with van der Waals surface area (Å²) in [7, 11) is 1.22. The van der Waals surface area contributed by atoms with Crippen LogP contribution in [0.3, 0.4) is 0 Å². The largest absolute Gasteiger partial charge is 0.573 e. The molecule has 2 aromatic carbocycles. The normalized spacial score (nSPS) is 19.1. The summed E-state index contributed by atoms with van der Waals surface area (Å²) < 4.78 is 78.0. The maximum absolute atomic E-state index is 15.3. The fourth-order valence-electron chi connectivity index (χ4n) is 4.83. The lowest BCUT2D eigenvalue weighted by Crippen LogP contribution is -2.44. The van der Waals surface area contributed by atoms with Gasteiger partial charge in [0.25, 0.3) is 17.4 Å². The minimum atomic E-state index is -4.94. The number of benzene rings is 2. The summed E-state index contributed by atoms with van der Waals surface area (Å²) in [4.78, 5) is 40.9. The summed E-state index contributed by atoms with van der Waals surface area (Å²) in [6.07, 6.45) is -3.42. The van der Waals surface area contributed by atoms with Gasteiger partial charge < -0.3 is 24.3 Å². The Morgan fingerprint density at radius 1 is 1.02 bits per heavy atom. The molecule has 1 fully saturated rings. The van der Waals surface area contributed by atoms with Crippen LogP contribution in [0.4, 0.5) is 27.6 Å². The first kappa shape index (κ1) is 28.6. The number of aryl methyl sites for hydroxylation is 1. The second-order valence-corrected chi connectivity index (χ2v) is 8.99. The summed E-state index contributed by atoms with van der Waals surface area (Å²) in [5.74, 6) is -5.75. The molecule has 2 heterocycles. The van der Waals surface area contributed by atoms with Gasteiger partial charge in [0.1, 0.15) is 34.9 Å². The number of carbonyl (C=O) groups excluding carboxylic acids is 2. The number of rotatable bonds is 7. The number of methoxy groups -OCH3 is 1. The molecule has 1 aliphatic rings. The van der Waals surface area contributed by atoms with Crippen molar-refractivity contribution in [1.29, 1.82) is 0 Å². The van der Waals surface area contributed by atoms with E-state index in [0.29, 0.717) is 6.54 Å². The number of halogens is 5. The molecule has 0 radical (unpaired) electrons. The molecular formula is C27H24F5N3O5. The van der Waals surface area contributed by atoms with E-state index in [1.165, 1.54) is 30.9 Å². The van der Waals surface area contributed by atoms with Gasteiger partial charge in [0.15, 0.2) is 0 Å². The molecule has 1 N–H and O–H groups in total. The number of carbonyl (C=O) groups is 2. The zero-order valence-electron chi connectivity index (χ0n) is 21.5. The van der Waals surface area contributed by atoms with E-state index >= 15 is 8.78 Å². The molecule has 40 heavy (non-hydrogen) atoms. The third-order valence-electron chi connectivity index (χ3n) is 6.65. The van der Waals surface area contributed by atoms with Gasteiger partial charge in [0.05, 0.1) is 7.11 Å². The topological polar surface area (TPSA) is 89.9 Å². The molecule has 1 unspecified atom stereocenters. The Bertz CT molecular complexity index is 1470. The number of amides is 2. The molecule has 3 atom stereocenters. The van der Waals surface area contributed by atoms with Gasteiger partial charge in [0.2, 0.25) is 0 Å². The molecule has 0 spiro atoms. The Kier molecular flexibility index (Phi) is 7.85. The molecule has 212 valence electrons. The predicted octanol–water partition coefficient (Wildman–Crippen LogP) is 4.37. The standard InChI is InChI=1S/C27H24F5N3O5/c1-4-34-11-5-6-20(25(34)37)35-14(2)21(22-18(28)12-17(39-3)13-19(22)29)23(26(35)38)33-24(36)15-7-9-16(10-8-15)40-27(30,31)32/h5-14,21,23H,4H2,1-3H3,(H,33,36)/t14-,21+,23?/m1/s1. The molecule has 0 aliphatic carbocycles. The Morgan fingerprint density at radius 2 is 1.65 bits per heavy atom. The van der Waals surface area contributed by atoms with Crippen molar-refractivity contribution < 1.29 is 41.0 Å². The zero-order chi connectivity index (χ0) is 29.4. The van der Waals surface area contributed by atoms with Crippen molar-refractivity contribution in [2.24, 2.45) is 0 Å². The number of anilines is 1. The van der Waals surface area contributed by atoms with Gasteiger partial charge in [-0.05, 0) is 50.2 Å². The van der Waals surface area contributed by atoms with Gasteiger partial charge in [0, 0.05) is 48.0 Å². The monoisotopic (exact) mass is 565 g/mol. The SMILES string of the molecule is CCn1cccc(N2C(=O)C(NC(=O)c3ccc(OC(F)(F)F)cc3)[C@H](c3c(F)cc(OC)cc3F)[C@H]2C)c1=O. The van der Waals surface area contributed by atoms with Gasteiger partial charge in [-0.3, -0.25) is 14.4 Å². The number of nitrogens with one attached hydrogen (secondary N) is 1. The maximum atomic E-state index is 15.3. The highest BCUT2D eigenvalue weighted by Crippen LogP contribution is 2.40. The van der Waals surface area contributed by atoms with E-state index in [1.807, 2.05) is 0 Å². The van der Waals surface area contributed by atoms with Crippen LogP contribution in [-0.4, -0.2) is 41.9 Å². The number of nitrogens with zero attached hydrogens (tertiary/aromatic N) is 2. The van der Waals surface area contributed by atoms with Crippen molar-refractivity contribution in [2.45, 2.75) is 44.8 Å². The first-order valence-corrected chi connectivity index (χ1v) is 12.1. The molecule has 0 bridgehead atoms. The third kappa shape index (κ3) is 5.49. The molecule has 1 saturated heterocycles. The van der Waals surface area contributed by atoms with Crippen LogP contribution in [0.25, 0.3) is 0 Å². The minimum Gasteiger partial charge on any atom is -0.497 e. The summed E-state index contributed by atoms with van der Waals surface area (Å²) in [6.45, 7) is 3.51. The summed E-state index contributed by atoms with van der Waals surface area (Å²) in [5.41, 5.74) is -1.22. The first-order valence-electron chi connectivity index (χ1n) is 12.1. The zero-order valence-corrected chi connectivity index (χ0v) is 21.5. The van der Waals surface area contributed by atoms with E-state index in [2.05, 4.69) is 10.1 Å². The van der Waals surface area contributed by atoms with Crippen molar-refractivity contribution in [3.05, 3.63) is 87.8 Å². The van der Waals surface area contributed by atoms with Crippen molar-refractivity contribution in [2.75, 3.05) is 12.0 Å². The second-order valence-electron chi connectivity index (χ2n) is 8.99. The number of pyridine rings is 1. The van der Waals surface area contributed by atoms with E-state index in [4.69, 9.17) is 4.74 Å². The van der Waals surface area contributed by atoms with Gasteiger partial charge in [-0.2, -0.15) is 0 Å². The second kappa shape index (κ2) is 11.0. The van der Waals surface area contributed by atoms with E-state index in [1.54, 1.807) is 13.0 Å². The summed E-state index contributed by atoms with van der Waals surface area (Å²) in [5, 5.41) is 2.46. The summed E-state index contributed by atoms with van der Waals surface area (Å²) in [6, 6.07) is 6.15. The quantitative estimate of drug-likeness (QED) is 0.430. The highest BCUT2D eigenvalue weighted by molar-refractivity contribution is 6.05. The van der Waals surface area contributed by atoms with Crippen molar-refractivity contribution in [3.63, 3.8) is 0 Å². The van der Waals surface area contributed by atoms with Gasteiger partial charge in [-0.25, -0.2) is 8.78 Å². The fraction of sp³-hybridized carbons (Fsp3) is 0.296. The molecular weight excluding hydrogens is 541 g/mol. The van der Waals surface area contributed by atoms with Crippen LogP contribution in [0, 0.1) is 11.6 Å². The van der Waals surface area contributed by atoms with Crippen LogP contribution in [0.5, 0.6) is 11.5 Å². The summed E-state index contributed by atoms with van der Waals surface area (Å²) >= 11 is 0. The number of hydrogen-bond donors (Lipinski definition) is 1. The smallest absolute Gasteiger partial charge is 0.497 e. The average molecular weight is 565 g/mol. The average Bonchev–Trinajstić information content (AvgIpc) is 3.12. The predicted molar refractivity (Wildman–Crippen MR) is 133 cm³/mol. The molecule has 2 amide bonds. The number of alkyl halides is 3. The van der Waals surface area contributed by atoms with Gasteiger partial charge in [-0.15, -0.1) is 13.2 Å². The molecule has 3 aromatic rings. The number of ether oxygens (including phenoxy) is 2. The fourth-order valence-corrected chi connectivity index (χ4v) is 4.83. The van der Waals surface area contributed by atoms with E-state index in [9.17, 15) is 27.6 Å². The minimum absolute atomic E-state index is 0.0495. The molecule has 0 saturated carbocycles. The lowest BCUT2D eigenvalue weighted by molar-refractivity contribution is -0.274. The van der Waals surface area contributed by atoms with Crippen LogP contribution in [0.1, 0.15) is 35.7 Å². The van der Waals surface area contributed by atoms with Crippen LogP contribution in [0.15, 0.2) is 59.5 Å². The lowest BCUT2D eigenvalue weighted by Gasteiger charge is -2.25. The van der Waals surface area contributed by atoms with Gasteiger partial charge in [-0.1, -0.05) is 0 Å². The highest BCUT2D eigenvalue weighted by atomic mass is 19.4. The lowest BCUT2D eigenvalue weighted by atomic mass is 9.87. The number of hydrogen-bond acceptors (Lipinski definition) is 5. The van der Waals surface area contributed by atoms with Crippen LogP contribution < -0.4 is 25.2 Å². The molecule has 1 aromatic heterocycles. The third-order valence-corrected chi connectivity index (χ3v) is 6.65. The number of aromatic nitrogens is 1. The highest BCUT2D eigenvalue weighted by Gasteiger charge is 2.50. The van der Waals surface area contributed by atoms with E-state index in [-0.39, 0.29) is 17.0 Å². The van der Waals surface area contributed by atoms with Crippen molar-refractivity contribution in [1.82, 2.24) is 9.88 Å². The van der Waals surface area contributed by atoms with Crippen molar-refractivity contribution in [3.8, 4) is 11.5 Å². The Morgan fingerprint density at radius 3 is 2.20 bits per heavy atom. The molecule has 4 rings (SSSR count). The molecule has 8 nitrogen and oxygen atoms in total. The molecule has 13 heteroatoms. The van der Waals surface area contributed by atoms with Crippen LogP contribution in [0.2, 0.25) is 0 Å². The maximum Gasteiger partial charge on any atom is 0.573 e. The Balaban J connectivity index is 1.76. The van der Waals surface area contributed by atoms with E-state index < -0.39 is 64.7 Å². The van der Waals surface area contributed by atoms with E-state index in [0.717, 1.165) is 41.3 Å². The van der Waals surface area contributed by atoms with Crippen LogP contribution in [-0.2, 0) is 11.3 Å². The molecule has 1 aliphatic heterocycles. The first-order chi connectivity index (χ1) is 18.9.